The van der Waals surface area contributed by atoms with Gasteiger partial charge in [-0.05, 0) is 49.5 Å². The van der Waals surface area contributed by atoms with Crippen LogP contribution in [0.3, 0.4) is 0 Å². The highest BCUT2D eigenvalue weighted by molar-refractivity contribution is 7.89. The van der Waals surface area contributed by atoms with Crippen LogP contribution in [0, 0.1) is 6.92 Å². The van der Waals surface area contributed by atoms with Gasteiger partial charge in [0.1, 0.15) is 0 Å². The van der Waals surface area contributed by atoms with E-state index in [9.17, 15) is 8.42 Å². The van der Waals surface area contributed by atoms with Crippen molar-refractivity contribution in [3.05, 3.63) is 89.5 Å². The van der Waals surface area contributed by atoms with Crippen LogP contribution >= 0.6 is 0 Å². The Hall–Kier alpha value is -2.17. The predicted molar refractivity (Wildman–Crippen MR) is 102 cm³/mol. The van der Waals surface area contributed by atoms with E-state index in [-0.39, 0.29) is 10.9 Å². The summed E-state index contributed by atoms with van der Waals surface area (Å²) in [7, 11) is -3.61. The van der Waals surface area contributed by atoms with Gasteiger partial charge in [-0.1, -0.05) is 66.3 Å². The molecule has 3 nitrogen and oxygen atoms in total. The molecule has 0 saturated carbocycles. The summed E-state index contributed by atoms with van der Waals surface area (Å²) in [6.07, 6.45) is 4.88. The van der Waals surface area contributed by atoms with Crippen molar-refractivity contribution in [3.63, 3.8) is 0 Å². The Bertz CT molecular complexity index is 881. The number of allylic oxidation sites excluding steroid dienone is 2. The Morgan fingerprint density at radius 2 is 1.68 bits per heavy atom. The fourth-order valence-corrected chi connectivity index (χ4v) is 4.33. The number of aryl methyl sites for hydroxylation is 1. The number of hydrogen-bond acceptors (Lipinski definition) is 2. The highest BCUT2D eigenvalue weighted by Crippen LogP contribution is 2.32. The first-order chi connectivity index (χ1) is 12.0. The van der Waals surface area contributed by atoms with Gasteiger partial charge in [-0.15, -0.1) is 0 Å². The Morgan fingerprint density at radius 3 is 2.32 bits per heavy atom. The van der Waals surface area contributed by atoms with E-state index < -0.39 is 10.0 Å². The first-order valence-corrected chi connectivity index (χ1v) is 9.96. The molecule has 0 saturated heterocycles. The largest absolute Gasteiger partial charge is 0.241 e. The number of sulfonamides is 1. The SMILES string of the molecule is C=C1C=C(C(NS(=O)(=O)c2ccc(C)cc2)c2ccccc2)CCC1. The molecule has 1 atom stereocenters. The highest BCUT2D eigenvalue weighted by Gasteiger charge is 2.25. The maximum absolute atomic E-state index is 12.9. The zero-order valence-electron chi connectivity index (χ0n) is 14.4. The third-order valence-electron chi connectivity index (χ3n) is 4.46. The van der Waals surface area contributed by atoms with Crippen molar-refractivity contribution in [2.75, 3.05) is 0 Å². The molecule has 0 bridgehead atoms. The molecule has 0 amide bonds. The summed E-state index contributed by atoms with van der Waals surface area (Å²) >= 11 is 0. The molecule has 0 heterocycles. The van der Waals surface area contributed by atoms with Gasteiger partial charge < -0.3 is 0 Å². The van der Waals surface area contributed by atoms with Crippen molar-refractivity contribution in [2.45, 2.75) is 37.1 Å². The molecule has 1 aliphatic rings. The van der Waals surface area contributed by atoms with Crippen LogP contribution < -0.4 is 4.72 Å². The summed E-state index contributed by atoms with van der Waals surface area (Å²) < 4.78 is 28.7. The van der Waals surface area contributed by atoms with Gasteiger partial charge >= 0.3 is 0 Å². The number of rotatable bonds is 5. The van der Waals surface area contributed by atoms with Crippen LogP contribution in [0.1, 0.15) is 36.4 Å². The summed E-state index contributed by atoms with van der Waals surface area (Å²) in [5.41, 5.74) is 4.10. The smallest absolute Gasteiger partial charge is 0.207 e. The zero-order chi connectivity index (χ0) is 17.9. The molecule has 3 rings (SSSR count). The summed E-state index contributed by atoms with van der Waals surface area (Å²) in [5.74, 6) is 0. The number of hydrogen-bond donors (Lipinski definition) is 1. The number of benzene rings is 2. The van der Waals surface area contributed by atoms with Gasteiger partial charge in [0.05, 0.1) is 10.9 Å². The molecule has 1 N–H and O–H groups in total. The van der Waals surface area contributed by atoms with Gasteiger partial charge in [-0.25, -0.2) is 8.42 Å². The average molecular weight is 353 g/mol. The van der Waals surface area contributed by atoms with E-state index in [0.29, 0.717) is 0 Å². The molecular weight excluding hydrogens is 330 g/mol. The third kappa shape index (κ3) is 4.27. The van der Waals surface area contributed by atoms with Crippen LogP contribution in [0.2, 0.25) is 0 Å². The van der Waals surface area contributed by atoms with E-state index in [1.807, 2.05) is 55.5 Å². The Morgan fingerprint density at radius 1 is 1.00 bits per heavy atom. The second-order valence-electron chi connectivity index (χ2n) is 6.51. The van der Waals surface area contributed by atoms with E-state index in [1.165, 1.54) is 0 Å². The van der Waals surface area contributed by atoms with Crippen LogP contribution in [0.15, 0.2) is 83.3 Å². The van der Waals surface area contributed by atoms with E-state index in [2.05, 4.69) is 11.3 Å². The van der Waals surface area contributed by atoms with Crippen molar-refractivity contribution in [2.24, 2.45) is 0 Å². The molecule has 1 unspecified atom stereocenters. The van der Waals surface area contributed by atoms with Gasteiger partial charge in [0.2, 0.25) is 10.0 Å². The summed E-state index contributed by atoms with van der Waals surface area (Å²) in [6.45, 7) is 5.99. The van der Waals surface area contributed by atoms with E-state index in [0.717, 1.165) is 41.5 Å². The molecule has 2 aromatic carbocycles. The molecule has 25 heavy (non-hydrogen) atoms. The molecule has 0 radical (unpaired) electrons. The minimum Gasteiger partial charge on any atom is -0.207 e. The van der Waals surface area contributed by atoms with Gasteiger partial charge in [0, 0.05) is 0 Å². The maximum atomic E-state index is 12.9. The lowest BCUT2D eigenvalue weighted by atomic mass is 9.89. The third-order valence-corrected chi connectivity index (χ3v) is 5.90. The second-order valence-corrected chi connectivity index (χ2v) is 8.22. The van der Waals surface area contributed by atoms with Crippen LogP contribution in [-0.4, -0.2) is 8.42 Å². The molecule has 0 fully saturated rings. The highest BCUT2D eigenvalue weighted by atomic mass is 32.2. The summed E-state index contributed by atoms with van der Waals surface area (Å²) in [5, 5.41) is 0. The first kappa shape index (κ1) is 17.6. The number of nitrogens with one attached hydrogen (secondary N) is 1. The lowest BCUT2D eigenvalue weighted by molar-refractivity contribution is 0.564. The van der Waals surface area contributed by atoms with Gasteiger partial charge in [-0.2, -0.15) is 4.72 Å². The molecule has 0 aromatic heterocycles. The van der Waals surface area contributed by atoms with Crippen LogP contribution in [0.4, 0.5) is 0 Å². The minimum atomic E-state index is -3.61. The molecule has 2 aromatic rings. The lowest BCUT2D eigenvalue weighted by Gasteiger charge is -2.25. The average Bonchev–Trinajstić information content (AvgIpc) is 2.61. The van der Waals surface area contributed by atoms with Crippen molar-refractivity contribution >= 4 is 10.0 Å². The fraction of sp³-hybridized carbons (Fsp3) is 0.238. The first-order valence-electron chi connectivity index (χ1n) is 8.48. The van der Waals surface area contributed by atoms with Crippen molar-refractivity contribution in [3.8, 4) is 0 Å². The second kappa shape index (κ2) is 7.38. The fourth-order valence-electron chi connectivity index (χ4n) is 3.10. The normalized spacial score (nSPS) is 16.4. The van der Waals surface area contributed by atoms with E-state index in [1.54, 1.807) is 12.1 Å². The Balaban J connectivity index is 1.98. The van der Waals surface area contributed by atoms with Crippen molar-refractivity contribution in [1.29, 1.82) is 0 Å². The maximum Gasteiger partial charge on any atom is 0.241 e. The molecule has 1 aliphatic carbocycles. The molecular formula is C21H23NO2S. The predicted octanol–water partition coefficient (Wildman–Crippen LogP) is 4.68. The van der Waals surface area contributed by atoms with Gasteiger partial charge in [-0.3, -0.25) is 0 Å². The van der Waals surface area contributed by atoms with E-state index >= 15 is 0 Å². The van der Waals surface area contributed by atoms with Crippen LogP contribution in [-0.2, 0) is 10.0 Å². The molecule has 0 aliphatic heterocycles. The lowest BCUT2D eigenvalue weighted by Crippen LogP contribution is -2.30. The summed E-state index contributed by atoms with van der Waals surface area (Å²) in [6, 6.07) is 16.3. The Kier molecular flexibility index (Phi) is 5.21. The summed E-state index contributed by atoms with van der Waals surface area (Å²) in [4.78, 5) is 0.286. The minimum absolute atomic E-state index is 0.286. The monoisotopic (exact) mass is 353 g/mol. The topological polar surface area (TPSA) is 46.2 Å². The van der Waals surface area contributed by atoms with Crippen molar-refractivity contribution in [1.82, 2.24) is 4.72 Å². The zero-order valence-corrected chi connectivity index (χ0v) is 15.2. The molecule has 130 valence electrons. The van der Waals surface area contributed by atoms with Crippen LogP contribution in [0.5, 0.6) is 0 Å². The van der Waals surface area contributed by atoms with E-state index in [4.69, 9.17) is 0 Å². The van der Waals surface area contributed by atoms with Gasteiger partial charge in [0.15, 0.2) is 0 Å². The molecule has 4 heteroatoms. The quantitative estimate of drug-likeness (QED) is 0.848. The molecule has 0 spiro atoms. The Labute approximate surface area is 150 Å². The van der Waals surface area contributed by atoms with Gasteiger partial charge in [0.25, 0.3) is 0 Å². The van der Waals surface area contributed by atoms with Crippen LogP contribution in [0.25, 0.3) is 0 Å². The standard InChI is InChI=1S/C21H23NO2S/c1-16-11-13-20(14-12-16)25(23,24)22-21(18-8-4-3-5-9-18)19-10-6-7-17(2)15-19/h3-5,8-9,11-15,21-22H,2,6-7,10H2,1H3. The van der Waals surface area contributed by atoms with Crippen molar-refractivity contribution < 1.29 is 8.42 Å².